The molecular formula is C12H12N2O2. The van der Waals surface area contributed by atoms with E-state index in [-0.39, 0.29) is 12.6 Å². The van der Waals surface area contributed by atoms with Crippen LogP contribution in [0.2, 0.25) is 0 Å². The highest BCUT2D eigenvalue weighted by atomic mass is 16.5. The van der Waals surface area contributed by atoms with E-state index in [0.717, 1.165) is 5.39 Å². The second-order valence-electron chi connectivity index (χ2n) is 3.32. The normalized spacial score (nSPS) is 10.3. The summed E-state index contributed by atoms with van der Waals surface area (Å²) < 4.78 is 4.79. The first-order valence-corrected chi connectivity index (χ1v) is 4.94. The Hall–Kier alpha value is -1.94. The molecule has 82 valence electrons. The van der Waals surface area contributed by atoms with Crippen LogP contribution >= 0.6 is 0 Å². The van der Waals surface area contributed by atoms with Gasteiger partial charge in [0, 0.05) is 18.7 Å². The predicted octanol–water partition coefficient (Wildman–Crippen LogP) is 1.57. The lowest BCUT2D eigenvalue weighted by molar-refractivity contribution is 0.0874. The van der Waals surface area contributed by atoms with Gasteiger partial charge in [0.15, 0.2) is 0 Å². The molecule has 0 saturated carbocycles. The van der Waals surface area contributed by atoms with E-state index in [4.69, 9.17) is 4.74 Å². The third-order valence-corrected chi connectivity index (χ3v) is 2.25. The zero-order valence-electron chi connectivity index (χ0n) is 8.93. The lowest BCUT2D eigenvalue weighted by atomic mass is 10.1. The molecule has 1 amide bonds. The highest BCUT2D eigenvalue weighted by Crippen LogP contribution is 2.15. The first-order chi connectivity index (χ1) is 7.83. The molecule has 0 fully saturated rings. The number of ether oxygens (including phenoxy) is 1. The molecule has 0 atom stereocenters. The van der Waals surface area contributed by atoms with Crippen LogP contribution < -0.4 is 5.32 Å². The summed E-state index contributed by atoms with van der Waals surface area (Å²) in [5, 5.41) is 3.59. The number of aromatic nitrogens is 1. The molecule has 4 heteroatoms. The number of methoxy groups -OCH3 is 1. The molecule has 0 aliphatic rings. The van der Waals surface area contributed by atoms with Crippen molar-refractivity contribution in [1.82, 2.24) is 10.3 Å². The summed E-state index contributed by atoms with van der Waals surface area (Å²) in [7, 11) is 1.53. The average molecular weight is 216 g/mol. The molecule has 0 aliphatic heterocycles. The van der Waals surface area contributed by atoms with Crippen molar-refractivity contribution in [3.05, 3.63) is 42.1 Å². The standard InChI is InChI=1S/C12H12N2O2/c1-16-8-14-12(15)10-6-2-4-9-5-3-7-13-11(9)10/h2-7H,8H2,1H3,(H,14,15). The Bertz CT molecular complexity index is 506. The smallest absolute Gasteiger partial charge is 0.255 e. The van der Waals surface area contributed by atoms with Crippen molar-refractivity contribution in [3.8, 4) is 0 Å². The maximum Gasteiger partial charge on any atom is 0.255 e. The minimum atomic E-state index is -0.175. The van der Waals surface area contributed by atoms with E-state index in [2.05, 4.69) is 10.3 Å². The molecule has 0 radical (unpaired) electrons. The lowest BCUT2D eigenvalue weighted by Crippen LogP contribution is -2.25. The molecule has 2 aromatic rings. The Balaban J connectivity index is 2.40. The summed E-state index contributed by atoms with van der Waals surface area (Å²) in [6, 6.07) is 9.29. The monoisotopic (exact) mass is 216 g/mol. The maximum absolute atomic E-state index is 11.8. The van der Waals surface area contributed by atoms with Crippen molar-refractivity contribution in [2.75, 3.05) is 13.8 Å². The molecule has 4 nitrogen and oxygen atoms in total. The topological polar surface area (TPSA) is 51.2 Å². The molecule has 0 saturated heterocycles. The predicted molar refractivity (Wildman–Crippen MR) is 61.1 cm³/mol. The number of fused-ring (bicyclic) bond motifs is 1. The second kappa shape index (κ2) is 4.72. The van der Waals surface area contributed by atoms with E-state index in [1.54, 1.807) is 12.3 Å². The Morgan fingerprint density at radius 1 is 1.38 bits per heavy atom. The van der Waals surface area contributed by atoms with Crippen LogP contribution in [0.3, 0.4) is 0 Å². The zero-order valence-corrected chi connectivity index (χ0v) is 8.93. The fraction of sp³-hybridized carbons (Fsp3) is 0.167. The first kappa shape index (κ1) is 10.6. The number of carbonyl (C=O) groups excluding carboxylic acids is 1. The average Bonchev–Trinajstić information content (AvgIpc) is 2.35. The summed E-state index contributed by atoms with van der Waals surface area (Å²) in [6.45, 7) is 0.196. The molecule has 2 rings (SSSR count). The largest absolute Gasteiger partial charge is 0.364 e. The van der Waals surface area contributed by atoms with Crippen molar-refractivity contribution < 1.29 is 9.53 Å². The molecular weight excluding hydrogens is 204 g/mol. The first-order valence-electron chi connectivity index (χ1n) is 4.94. The van der Waals surface area contributed by atoms with Gasteiger partial charge >= 0.3 is 0 Å². The molecule has 1 heterocycles. The molecule has 1 N–H and O–H groups in total. The number of pyridine rings is 1. The molecule has 0 aliphatic carbocycles. The molecule has 0 bridgehead atoms. The number of carbonyl (C=O) groups is 1. The third kappa shape index (κ3) is 2.01. The van der Waals surface area contributed by atoms with Gasteiger partial charge in [0.2, 0.25) is 0 Å². The summed E-state index contributed by atoms with van der Waals surface area (Å²) in [5.74, 6) is -0.175. The van der Waals surface area contributed by atoms with Crippen LogP contribution in [0, 0.1) is 0 Å². The SMILES string of the molecule is COCNC(=O)c1cccc2cccnc12. The summed E-state index contributed by atoms with van der Waals surface area (Å²) >= 11 is 0. The number of hydrogen-bond donors (Lipinski definition) is 1. The second-order valence-corrected chi connectivity index (χ2v) is 3.32. The van der Waals surface area contributed by atoms with Gasteiger partial charge in [-0.05, 0) is 12.1 Å². The van der Waals surface area contributed by atoms with Gasteiger partial charge in [-0.2, -0.15) is 0 Å². The van der Waals surface area contributed by atoms with E-state index in [1.165, 1.54) is 7.11 Å². The highest BCUT2D eigenvalue weighted by molar-refractivity contribution is 6.05. The quantitative estimate of drug-likeness (QED) is 0.792. The van der Waals surface area contributed by atoms with Crippen molar-refractivity contribution in [3.63, 3.8) is 0 Å². The maximum atomic E-state index is 11.8. The van der Waals surface area contributed by atoms with Crippen molar-refractivity contribution in [2.24, 2.45) is 0 Å². The Morgan fingerprint density at radius 2 is 2.19 bits per heavy atom. The van der Waals surface area contributed by atoms with Gasteiger partial charge in [-0.15, -0.1) is 0 Å². The number of amides is 1. The lowest BCUT2D eigenvalue weighted by Gasteiger charge is -2.06. The molecule has 0 unspecified atom stereocenters. The molecule has 1 aromatic heterocycles. The Labute approximate surface area is 93.3 Å². The highest BCUT2D eigenvalue weighted by Gasteiger charge is 2.09. The van der Waals surface area contributed by atoms with Crippen LogP contribution in [0.5, 0.6) is 0 Å². The van der Waals surface area contributed by atoms with Crippen LogP contribution in [0.15, 0.2) is 36.5 Å². The van der Waals surface area contributed by atoms with Gasteiger partial charge in [0.25, 0.3) is 5.91 Å². The Morgan fingerprint density at radius 3 is 3.00 bits per heavy atom. The van der Waals surface area contributed by atoms with Gasteiger partial charge < -0.3 is 10.1 Å². The van der Waals surface area contributed by atoms with Gasteiger partial charge in [-0.3, -0.25) is 9.78 Å². The van der Waals surface area contributed by atoms with Crippen LogP contribution in [0.25, 0.3) is 10.9 Å². The van der Waals surface area contributed by atoms with Crippen LogP contribution in [0.1, 0.15) is 10.4 Å². The van der Waals surface area contributed by atoms with Gasteiger partial charge in [-0.25, -0.2) is 0 Å². The zero-order chi connectivity index (χ0) is 11.4. The summed E-state index contributed by atoms with van der Waals surface area (Å²) in [4.78, 5) is 16.0. The van der Waals surface area contributed by atoms with Gasteiger partial charge in [-0.1, -0.05) is 18.2 Å². The number of nitrogens with one attached hydrogen (secondary N) is 1. The third-order valence-electron chi connectivity index (χ3n) is 2.25. The van der Waals surface area contributed by atoms with Gasteiger partial charge in [0.1, 0.15) is 6.73 Å². The minimum Gasteiger partial charge on any atom is -0.364 e. The molecule has 0 spiro atoms. The molecule has 16 heavy (non-hydrogen) atoms. The Kier molecular flexibility index (Phi) is 3.12. The number of hydrogen-bond acceptors (Lipinski definition) is 3. The van der Waals surface area contributed by atoms with Crippen molar-refractivity contribution >= 4 is 16.8 Å². The van der Waals surface area contributed by atoms with Crippen LogP contribution in [-0.2, 0) is 4.74 Å². The van der Waals surface area contributed by atoms with Crippen molar-refractivity contribution in [2.45, 2.75) is 0 Å². The summed E-state index contributed by atoms with van der Waals surface area (Å²) in [5.41, 5.74) is 1.27. The van der Waals surface area contributed by atoms with E-state index < -0.39 is 0 Å². The molecule has 1 aromatic carbocycles. The minimum absolute atomic E-state index is 0.175. The van der Waals surface area contributed by atoms with E-state index in [0.29, 0.717) is 11.1 Å². The fourth-order valence-electron chi connectivity index (χ4n) is 1.52. The fourth-order valence-corrected chi connectivity index (χ4v) is 1.52. The van der Waals surface area contributed by atoms with Crippen LogP contribution in [0.4, 0.5) is 0 Å². The number of nitrogens with zero attached hydrogens (tertiary/aromatic N) is 1. The van der Waals surface area contributed by atoms with E-state index in [1.807, 2.05) is 24.3 Å². The number of para-hydroxylation sites is 1. The number of rotatable bonds is 3. The summed E-state index contributed by atoms with van der Waals surface area (Å²) in [6.07, 6.45) is 1.68. The van der Waals surface area contributed by atoms with Crippen molar-refractivity contribution in [1.29, 1.82) is 0 Å². The van der Waals surface area contributed by atoms with Crippen LogP contribution in [-0.4, -0.2) is 24.7 Å². The van der Waals surface area contributed by atoms with Gasteiger partial charge in [0.05, 0.1) is 11.1 Å². The number of benzene rings is 1. The van der Waals surface area contributed by atoms with E-state index in [9.17, 15) is 4.79 Å². The van der Waals surface area contributed by atoms with E-state index >= 15 is 0 Å².